The predicted molar refractivity (Wildman–Crippen MR) is 73.5 cm³/mol. The minimum absolute atomic E-state index is 0.515. The Morgan fingerprint density at radius 3 is 2.94 bits per heavy atom. The third-order valence-electron chi connectivity index (χ3n) is 3.65. The van der Waals surface area contributed by atoms with Gasteiger partial charge >= 0.3 is 0 Å². The second-order valence-corrected chi connectivity index (χ2v) is 5.11. The minimum Gasteiger partial charge on any atom is -0.377 e. The highest BCUT2D eigenvalue weighted by atomic mass is 16.5. The highest BCUT2D eigenvalue weighted by Crippen LogP contribution is 2.19. The maximum absolute atomic E-state index is 5.87. The lowest BCUT2D eigenvalue weighted by atomic mass is 9.98. The summed E-state index contributed by atoms with van der Waals surface area (Å²) in [5.74, 6) is 0. The molecule has 0 amide bonds. The summed E-state index contributed by atoms with van der Waals surface area (Å²) in [7, 11) is 0. The number of pyridine rings is 1. The third kappa shape index (κ3) is 4.39. The molecule has 0 atom stereocenters. The molecule has 0 radical (unpaired) electrons. The summed E-state index contributed by atoms with van der Waals surface area (Å²) in [6, 6.07) is 2.05. The average Bonchev–Trinajstić information content (AvgIpc) is 2.42. The van der Waals surface area contributed by atoms with Crippen LogP contribution in [0.1, 0.15) is 43.2 Å². The van der Waals surface area contributed by atoms with Crippen LogP contribution in [0.15, 0.2) is 18.5 Å². The lowest BCUT2D eigenvalue weighted by Gasteiger charge is -2.22. The third-order valence-corrected chi connectivity index (χ3v) is 3.65. The largest absolute Gasteiger partial charge is 0.377 e. The van der Waals surface area contributed by atoms with Crippen LogP contribution >= 0.6 is 0 Å². The van der Waals surface area contributed by atoms with Crippen molar-refractivity contribution in [2.75, 3.05) is 13.2 Å². The topological polar surface area (TPSA) is 34.2 Å². The molecule has 2 rings (SSSR count). The molecule has 1 fully saturated rings. The normalized spacial score (nSPS) is 16.9. The monoisotopic (exact) mass is 248 g/mol. The van der Waals surface area contributed by atoms with E-state index in [0.29, 0.717) is 6.10 Å². The van der Waals surface area contributed by atoms with Crippen molar-refractivity contribution in [1.29, 1.82) is 0 Å². The fourth-order valence-electron chi connectivity index (χ4n) is 2.43. The standard InChI is InChI=1S/C15H24N2O/c1-13-7-8-16-11-14(13)12-17-9-10-18-15-5-3-2-4-6-15/h7-8,11,15,17H,2-6,9-10,12H2,1H3. The zero-order valence-corrected chi connectivity index (χ0v) is 11.3. The molecule has 0 bridgehead atoms. The summed E-state index contributed by atoms with van der Waals surface area (Å²) in [6.07, 6.45) is 10.9. The maximum Gasteiger partial charge on any atom is 0.0594 e. The van der Waals surface area contributed by atoms with E-state index in [-0.39, 0.29) is 0 Å². The highest BCUT2D eigenvalue weighted by molar-refractivity contribution is 5.20. The van der Waals surface area contributed by atoms with Crippen LogP contribution in [0.2, 0.25) is 0 Å². The number of aromatic nitrogens is 1. The Morgan fingerprint density at radius 2 is 2.17 bits per heavy atom. The van der Waals surface area contributed by atoms with Gasteiger partial charge in [0, 0.05) is 25.5 Å². The van der Waals surface area contributed by atoms with E-state index in [1.807, 2.05) is 12.4 Å². The molecule has 0 saturated heterocycles. The smallest absolute Gasteiger partial charge is 0.0594 e. The van der Waals surface area contributed by atoms with Crippen LogP contribution in [0.3, 0.4) is 0 Å². The van der Waals surface area contributed by atoms with Crippen LogP contribution in [-0.2, 0) is 11.3 Å². The van der Waals surface area contributed by atoms with Crippen LogP contribution in [0.5, 0.6) is 0 Å². The van der Waals surface area contributed by atoms with E-state index in [1.54, 1.807) is 0 Å². The first-order chi connectivity index (χ1) is 8.86. The molecular weight excluding hydrogens is 224 g/mol. The number of ether oxygens (including phenoxy) is 1. The van der Waals surface area contributed by atoms with E-state index in [0.717, 1.165) is 19.7 Å². The number of rotatable bonds is 6. The molecular formula is C15H24N2O. The van der Waals surface area contributed by atoms with Crippen LogP contribution < -0.4 is 5.32 Å². The number of aryl methyl sites for hydroxylation is 1. The van der Waals surface area contributed by atoms with Crippen molar-refractivity contribution in [3.8, 4) is 0 Å². The fraction of sp³-hybridized carbons (Fsp3) is 0.667. The highest BCUT2D eigenvalue weighted by Gasteiger charge is 2.12. The fourth-order valence-corrected chi connectivity index (χ4v) is 2.43. The minimum atomic E-state index is 0.515. The second kappa shape index (κ2) is 7.49. The molecule has 3 nitrogen and oxygen atoms in total. The Balaban J connectivity index is 1.57. The summed E-state index contributed by atoms with van der Waals surface area (Å²) < 4.78 is 5.87. The van der Waals surface area contributed by atoms with E-state index in [2.05, 4.69) is 23.3 Å². The van der Waals surface area contributed by atoms with Gasteiger partial charge in [-0.05, 0) is 37.0 Å². The first-order valence-corrected chi connectivity index (χ1v) is 7.08. The van der Waals surface area contributed by atoms with Gasteiger partial charge in [-0.25, -0.2) is 0 Å². The summed E-state index contributed by atoms with van der Waals surface area (Å²) in [5, 5.41) is 3.42. The second-order valence-electron chi connectivity index (χ2n) is 5.11. The van der Waals surface area contributed by atoms with E-state index < -0.39 is 0 Å². The molecule has 1 N–H and O–H groups in total. The Morgan fingerprint density at radius 1 is 1.33 bits per heavy atom. The Hall–Kier alpha value is -0.930. The first-order valence-electron chi connectivity index (χ1n) is 7.08. The molecule has 3 heteroatoms. The molecule has 1 saturated carbocycles. The van der Waals surface area contributed by atoms with Crippen LogP contribution in [0.4, 0.5) is 0 Å². The molecule has 1 aromatic rings. The zero-order chi connectivity index (χ0) is 12.6. The number of nitrogens with zero attached hydrogens (tertiary/aromatic N) is 1. The average molecular weight is 248 g/mol. The van der Waals surface area contributed by atoms with Gasteiger partial charge in [0.1, 0.15) is 0 Å². The van der Waals surface area contributed by atoms with Crippen molar-refractivity contribution in [3.05, 3.63) is 29.6 Å². The molecule has 0 spiro atoms. The van der Waals surface area contributed by atoms with Gasteiger partial charge in [0.25, 0.3) is 0 Å². The molecule has 1 aliphatic rings. The lowest BCUT2D eigenvalue weighted by Crippen LogP contribution is -2.24. The molecule has 0 aromatic carbocycles. The van der Waals surface area contributed by atoms with Gasteiger partial charge in [-0.2, -0.15) is 0 Å². The molecule has 1 heterocycles. The van der Waals surface area contributed by atoms with Gasteiger partial charge in [-0.3, -0.25) is 4.98 Å². The van der Waals surface area contributed by atoms with E-state index in [9.17, 15) is 0 Å². The summed E-state index contributed by atoms with van der Waals surface area (Å²) in [6.45, 7) is 4.75. The van der Waals surface area contributed by atoms with Crippen molar-refractivity contribution in [1.82, 2.24) is 10.3 Å². The van der Waals surface area contributed by atoms with Crippen molar-refractivity contribution in [2.24, 2.45) is 0 Å². The Labute approximate surface area is 110 Å². The Bertz CT molecular complexity index is 348. The van der Waals surface area contributed by atoms with Gasteiger partial charge in [-0.15, -0.1) is 0 Å². The molecule has 0 aliphatic heterocycles. The number of hydrogen-bond donors (Lipinski definition) is 1. The Kier molecular flexibility index (Phi) is 5.62. The molecule has 0 unspecified atom stereocenters. The van der Waals surface area contributed by atoms with Gasteiger partial charge in [-0.1, -0.05) is 19.3 Å². The van der Waals surface area contributed by atoms with Crippen molar-refractivity contribution < 1.29 is 4.74 Å². The van der Waals surface area contributed by atoms with Crippen LogP contribution in [0, 0.1) is 6.92 Å². The van der Waals surface area contributed by atoms with E-state index >= 15 is 0 Å². The summed E-state index contributed by atoms with van der Waals surface area (Å²) in [4.78, 5) is 4.15. The SMILES string of the molecule is Cc1ccncc1CNCCOC1CCCCC1. The zero-order valence-electron chi connectivity index (χ0n) is 11.3. The summed E-state index contributed by atoms with van der Waals surface area (Å²) in [5.41, 5.74) is 2.57. The molecule has 100 valence electrons. The van der Waals surface area contributed by atoms with Gasteiger partial charge in [0.05, 0.1) is 12.7 Å². The van der Waals surface area contributed by atoms with Crippen LogP contribution in [-0.4, -0.2) is 24.2 Å². The quantitative estimate of drug-likeness (QED) is 0.786. The van der Waals surface area contributed by atoms with Gasteiger partial charge < -0.3 is 10.1 Å². The van der Waals surface area contributed by atoms with Gasteiger partial charge in [0.15, 0.2) is 0 Å². The molecule has 1 aromatic heterocycles. The van der Waals surface area contributed by atoms with Crippen molar-refractivity contribution in [3.63, 3.8) is 0 Å². The van der Waals surface area contributed by atoms with Crippen molar-refractivity contribution in [2.45, 2.75) is 51.7 Å². The maximum atomic E-state index is 5.87. The lowest BCUT2D eigenvalue weighted by molar-refractivity contribution is 0.0302. The summed E-state index contributed by atoms with van der Waals surface area (Å²) >= 11 is 0. The molecule has 1 aliphatic carbocycles. The molecule has 18 heavy (non-hydrogen) atoms. The van der Waals surface area contributed by atoms with Gasteiger partial charge in [0.2, 0.25) is 0 Å². The van der Waals surface area contributed by atoms with Crippen molar-refractivity contribution >= 4 is 0 Å². The van der Waals surface area contributed by atoms with Crippen LogP contribution in [0.25, 0.3) is 0 Å². The predicted octanol–water partition coefficient (Wildman–Crippen LogP) is 2.83. The first kappa shape index (κ1) is 13.5. The van der Waals surface area contributed by atoms with E-state index in [4.69, 9.17) is 4.74 Å². The van der Waals surface area contributed by atoms with E-state index in [1.165, 1.54) is 43.2 Å². The number of hydrogen-bond acceptors (Lipinski definition) is 3. The number of nitrogens with one attached hydrogen (secondary N) is 1.